The number of nitriles is 1. The highest BCUT2D eigenvalue weighted by Gasteiger charge is 2.47. The molecule has 0 saturated heterocycles. The molecule has 0 heterocycles. The number of benzene rings is 2. The normalized spacial score (nSPS) is 13.5. The summed E-state index contributed by atoms with van der Waals surface area (Å²) in [5, 5.41) is 9.07. The molecular weight excluding hydrogens is 683 g/mol. The second kappa shape index (κ2) is 17.8. The lowest BCUT2D eigenvalue weighted by molar-refractivity contribution is 0.281. The van der Waals surface area contributed by atoms with E-state index in [9.17, 15) is 0 Å². The standard InChI is InChI=1S/C35H65NO5Si6/c1-14-15-16-17-18-19-29-42(2,3)37-44(6,7)39-46(10,11)41-47(12,13)40-45(8,9)38-43(4,5)30-28-32-20-24-34(25-21-32)35-26-22-33(31-36)23-27-35/h20-27H,14-19,28-30H2,1-13H3. The summed E-state index contributed by atoms with van der Waals surface area (Å²) in [6, 6.07) is 20.9. The molecule has 6 nitrogen and oxygen atoms in total. The van der Waals surface area contributed by atoms with Crippen LogP contribution >= 0.6 is 0 Å². The van der Waals surface area contributed by atoms with Gasteiger partial charge in [0.05, 0.1) is 11.6 Å². The summed E-state index contributed by atoms with van der Waals surface area (Å²) in [5.74, 6) is 0. The van der Waals surface area contributed by atoms with Crippen LogP contribution in [0.1, 0.15) is 56.6 Å². The molecule has 0 aromatic heterocycles. The van der Waals surface area contributed by atoms with Gasteiger partial charge in [0, 0.05) is 0 Å². The minimum absolute atomic E-state index is 0.680. The van der Waals surface area contributed by atoms with Crippen molar-refractivity contribution in [2.24, 2.45) is 0 Å². The van der Waals surface area contributed by atoms with Crippen LogP contribution in [-0.4, -0.2) is 50.9 Å². The molecule has 0 aliphatic rings. The first-order valence-corrected chi connectivity index (χ1v) is 35.2. The lowest BCUT2D eigenvalue weighted by Gasteiger charge is -2.43. The van der Waals surface area contributed by atoms with Gasteiger partial charge in [-0.25, -0.2) is 0 Å². The van der Waals surface area contributed by atoms with Crippen LogP contribution < -0.4 is 0 Å². The Morgan fingerprint density at radius 3 is 1.32 bits per heavy atom. The van der Waals surface area contributed by atoms with Crippen molar-refractivity contribution >= 4 is 50.9 Å². The zero-order chi connectivity index (χ0) is 35.6. The largest absolute Gasteiger partial charge is 0.436 e. The molecule has 0 radical (unpaired) electrons. The minimum atomic E-state index is -2.55. The van der Waals surface area contributed by atoms with E-state index in [1.54, 1.807) is 0 Å². The van der Waals surface area contributed by atoms with E-state index in [0.717, 1.165) is 23.6 Å². The topological polar surface area (TPSA) is 69.9 Å². The predicted octanol–water partition coefficient (Wildman–Crippen LogP) is 11.4. The van der Waals surface area contributed by atoms with Crippen molar-refractivity contribution in [3.05, 3.63) is 59.7 Å². The van der Waals surface area contributed by atoms with E-state index < -0.39 is 50.9 Å². The highest BCUT2D eigenvalue weighted by Crippen LogP contribution is 2.30. The van der Waals surface area contributed by atoms with Gasteiger partial charge in [-0.05, 0) is 126 Å². The number of unbranched alkanes of at least 4 members (excludes halogenated alkanes) is 5. The van der Waals surface area contributed by atoms with Gasteiger partial charge in [0.25, 0.3) is 0 Å². The average molecular weight is 748 g/mol. The van der Waals surface area contributed by atoms with E-state index >= 15 is 0 Å². The third-order valence-corrected chi connectivity index (χ3v) is 31.1. The Morgan fingerprint density at radius 2 is 0.872 bits per heavy atom. The van der Waals surface area contributed by atoms with Gasteiger partial charge < -0.3 is 20.6 Å². The van der Waals surface area contributed by atoms with Gasteiger partial charge in [-0.1, -0.05) is 81.8 Å². The smallest absolute Gasteiger partial charge is 0.314 e. The Morgan fingerprint density at radius 1 is 0.489 bits per heavy atom. The molecule has 0 atom stereocenters. The first-order valence-electron chi connectivity index (χ1n) is 17.7. The Bertz CT molecular complexity index is 1270. The molecular formula is C35H65NO5Si6. The summed E-state index contributed by atoms with van der Waals surface area (Å²) in [5.41, 5.74) is 4.27. The van der Waals surface area contributed by atoms with E-state index in [1.807, 2.05) is 24.3 Å². The van der Waals surface area contributed by atoms with Crippen molar-refractivity contribution in [3.63, 3.8) is 0 Å². The van der Waals surface area contributed by atoms with Crippen LogP contribution in [0.15, 0.2) is 48.5 Å². The molecule has 0 amide bonds. The minimum Gasteiger partial charge on any atom is -0.436 e. The second-order valence-corrected chi connectivity index (χ2v) is 39.4. The summed E-state index contributed by atoms with van der Waals surface area (Å²) in [4.78, 5) is 0. The van der Waals surface area contributed by atoms with Crippen LogP contribution in [0.2, 0.25) is 90.7 Å². The van der Waals surface area contributed by atoms with Gasteiger partial charge in [-0.15, -0.1) is 0 Å². The summed E-state index contributed by atoms with van der Waals surface area (Å²) < 4.78 is 34.2. The third kappa shape index (κ3) is 17.0. The fourth-order valence-corrected chi connectivity index (χ4v) is 36.5. The van der Waals surface area contributed by atoms with Crippen molar-refractivity contribution in [3.8, 4) is 17.2 Å². The molecule has 2 aromatic carbocycles. The molecule has 2 rings (SSSR count). The van der Waals surface area contributed by atoms with Crippen molar-refractivity contribution < 1.29 is 20.6 Å². The first kappa shape index (κ1) is 42.2. The maximum atomic E-state index is 9.07. The van der Waals surface area contributed by atoms with Crippen LogP contribution in [0.4, 0.5) is 0 Å². The lowest BCUT2D eigenvalue weighted by atomic mass is 10.0. The van der Waals surface area contributed by atoms with Crippen molar-refractivity contribution in [2.75, 3.05) is 0 Å². The number of rotatable bonds is 21. The average Bonchev–Trinajstić information content (AvgIpc) is 2.91. The molecule has 47 heavy (non-hydrogen) atoms. The first-order chi connectivity index (χ1) is 21.6. The number of hydrogen-bond acceptors (Lipinski definition) is 6. The van der Waals surface area contributed by atoms with E-state index in [2.05, 4.69) is 116 Å². The van der Waals surface area contributed by atoms with Crippen LogP contribution in [0, 0.1) is 11.3 Å². The van der Waals surface area contributed by atoms with E-state index in [-0.39, 0.29) is 0 Å². The number of nitrogens with zero attached hydrogens (tertiary/aromatic N) is 1. The summed E-state index contributed by atoms with van der Waals surface area (Å²) in [6.45, 7) is 28.8. The molecule has 264 valence electrons. The Labute approximate surface area is 294 Å². The van der Waals surface area contributed by atoms with E-state index in [1.165, 1.54) is 50.1 Å². The van der Waals surface area contributed by atoms with E-state index in [4.69, 9.17) is 25.8 Å². The van der Waals surface area contributed by atoms with Crippen molar-refractivity contribution in [1.82, 2.24) is 0 Å². The third-order valence-electron chi connectivity index (χ3n) is 7.97. The molecule has 0 N–H and O–H groups in total. The Balaban J connectivity index is 1.90. The highest BCUT2D eigenvalue weighted by molar-refractivity contribution is 6.91. The lowest BCUT2D eigenvalue weighted by Crippen LogP contribution is -2.60. The molecule has 0 saturated carbocycles. The van der Waals surface area contributed by atoms with Gasteiger partial charge in [0.2, 0.25) is 0 Å². The molecule has 12 heteroatoms. The highest BCUT2D eigenvalue weighted by atomic mass is 28.5. The van der Waals surface area contributed by atoms with E-state index in [0.29, 0.717) is 5.56 Å². The molecule has 0 aliphatic heterocycles. The second-order valence-electron chi connectivity index (χ2n) is 16.0. The Kier molecular flexibility index (Phi) is 16.0. The van der Waals surface area contributed by atoms with Crippen LogP contribution in [0.5, 0.6) is 0 Å². The SMILES string of the molecule is CCCCCCCC[Si](C)(C)O[Si](C)(C)O[Si](C)(C)O[Si](C)(C)O[Si](C)(C)O[Si](C)(C)CCc1ccc(-c2ccc(C#N)cc2)cc1. The quantitative estimate of drug-likeness (QED) is 0.0935. The van der Waals surface area contributed by atoms with Crippen molar-refractivity contribution in [2.45, 2.75) is 143 Å². The molecule has 0 aliphatic carbocycles. The predicted molar refractivity (Wildman–Crippen MR) is 214 cm³/mol. The van der Waals surface area contributed by atoms with Crippen molar-refractivity contribution in [1.29, 1.82) is 5.26 Å². The number of hydrogen-bond donors (Lipinski definition) is 0. The zero-order valence-electron chi connectivity index (χ0n) is 32.0. The maximum absolute atomic E-state index is 9.07. The Hall–Kier alpha value is -0.969. The summed E-state index contributed by atoms with van der Waals surface area (Å²) in [6.07, 6.45) is 8.85. The van der Waals surface area contributed by atoms with Crippen LogP contribution in [0.25, 0.3) is 11.1 Å². The fourth-order valence-electron chi connectivity index (χ4n) is 6.67. The molecule has 0 bridgehead atoms. The van der Waals surface area contributed by atoms with Crippen LogP contribution in [-0.2, 0) is 27.0 Å². The fraction of sp³-hybridized carbons (Fsp3) is 0.629. The molecule has 0 fully saturated rings. The van der Waals surface area contributed by atoms with Gasteiger partial charge in [0.1, 0.15) is 0 Å². The van der Waals surface area contributed by atoms with Crippen LogP contribution in [0.3, 0.4) is 0 Å². The zero-order valence-corrected chi connectivity index (χ0v) is 38.0. The summed E-state index contributed by atoms with van der Waals surface area (Å²) in [7, 11) is -13.7. The van der Waals surface area contributed by atoms with Gasteiger partial charge in [-0.2, -0.15) is 5.26 Å². The van der Waals surface area contributed by atoms with Gasteiger partial charge >= 0.3 is 34.2 Å². The summed E-state index contributed by atoms with van der Waals surface area (Å²) >= 11 is 0. The maximum Gasteiger partial charge on any atom is 0.314 e. The molecule has 0 unspecified atom stereocenters. The molecule has 2 aromatic rings. The monoisotopic (exact) mass is 747 g/mol. The van der Waals surface area contributed by atoms with Gasteiger partial charge in [0.15, 0.2) is 16.6 Å². The molecule has 0 spiro atoms. The van der Waals surface area contributed by atoms with Gasteiger partial charge in [-0.3, -0.25) is 0 Å². The number of aryl methyl sites for hydroxylation is 1.